The SMILES string of the molecule is COc1ccc(Cl)cc1NC(=O)N1CCCC(c2nn(C)c(=O)n2-c2ccccc2)C1. The molecule has 1 fully saturated rings. The number of urea groups is 1. The number of hydrogen-bond acceptors (Lipinski definition) is 4. The molecular weight excluding hydrogens is 418 g/mol. The lowest BCUT2D eigenvalue weighted by molar-refractivity contribution is 0.191. The first-order chi connectivity index (χ1) is 15.0. The summed E-state index contributed by atoms with van der Waals surface area (Å²) in [6, 6.07) is 14.3. The van der Waals surface area contributed by atoms with Gasteiger partial charge in [0.2, 0.25) is 0 Å². The lowest BCUT2D eigenvalue weighted by Gasteiger charge is -2.32. The number of halogens is 1. The molecule has 1 atom stereocenters. The van der Waals surface area contributed by atoms with E-state index in [-0.39, 0.29) is 17.6 Å². The van der Waals surface area contributed by atoms with Crippen molar-refractivity contribution < 1.29 is 9.53 Å². The summed E-state index contributed by atoms with van der Waals surface area (Å²) in [4.78, 5) is 27.4. The number of aryl methyl sites for hydroxylation is 1. The molecule has 31 heavy (non-hydrogen) atoms. The maximum absolute atomic E-state index is 13.0. The summed E-state index contributed by atoms with van der Waals surface area (Å²) in [5, 5.41) is 7.90. The van der Waals surface area contributed by atoms with Crippen molar-refractivity contribution in [2.24, 2.45) is 7.05 Å². The van der Waals surface area contributed by atoms with E-state index in [4.69, 9.17) is 16.3 Å². The molecule has 2 heterocycles. The summed E-state index contributed by atoms with van der Waals surface area (Å²) < 4.78 is 8.29. The Hall–Kier alpha value is -3.26. The third-order valence-electron chi connectivity index (χ3n) is 5.44. The minimum Gasteiger partial charge on any atom is -0.495 e. The molecule has 0 radical (unpaired) electrons. The molecule has 8 nitrogen and oxygen atoms in total. The molecule has 3 aromatic rings. The number of carbonyl (C=O) groups is 1. The summed E-state index contributed by atoms with van der Waals surface area (Å²) in [7, 11) is 3.18. The summed E-state index contributed by atoms with van der Waals surface area (Å²) in [5.74, 6) is 1.14. The van der Waals surface area contributed by atoms with Gasteiger partial charge in [-0.3, -0.25) is 0 Å². The molecule has 0 bridgehead atoms. The molecule has 1 aromatic heterocycles. The summed E-state index contributed by atoms with van der Waals surface area (Å²) in [6.07, 6.45) is 1.65. The number of piperidine rings is 1. The van der Waals surface area contributed by atoms with Crippen LogP contribution in [0.4, 0.5) is 10.5 Å². The Bertz CT molecular complexity index is 1140. The number of methoxy groups -OCH3 is 1. The van der Waals surface area contributed by atoms with Crippen molar-refractivity contribution >= 4 is 23.3 Å². The van der Waals surface area contributed by atoms with Gasteiger partial charge in [0.25, 0.3) is 0 Å². The van der Waals surface area contributed by atoms with E-state index in [9.17, 15) is 9.59 Å². The third kappa shape index (κ3) is 4.29. The first kappa shape index (κ1) is 21.0. The number of benzene rings is 2. The predicted octanol–water partition coefficient (Wildman–Crippen LogP) is 3.64. The Labute approximate surface area is 185 Å². The number of carbonyl (C=O) groups excluding carboxylic acids is 1. The number of amides is 2. The largest absolute Gasteiger partial charge is 0.495 e. The topological polar surface area (TPSA) is 81.4 Å². The molecule has 1 unspecified atom stereocenters. The molecule has 1 aliphatic heterocycles. The van der Waals surface area contributed by atoms with Crippen molar-refractivity contribution in [1.82, 2.24) is 19.2 Å². The van der Waals surface area contributed by atoms with Crippen LogP contribution in [0, 0.1) is 0 Å². The van der Waals surface area contributed by atoms with Gasteiger partial charge in [-0.2, -0.15) is 5.10 Å². The van der Waals surface area contributed by atoms with Crippen LogP contribution in [-0.4, -0.2) is 45.5 Å². The number of para-hydroxylation sites is 1. The molecule has 1 N–H and O–H groups in total. The first-order valence-electron chi connectivity index (χ1n) is 10.1. The zero-order chi connectivity index (χ0) is 22.0. The maximum Gasteiger partial charge on any atom is 0.350 e. The number of aromatic nitrogens is 3. The fraction of sp³-hybridized carbons (Fsp3) is 0.318. The third-order valence-corrected chi connectivity index (χ3v) is 5.68. The molecule has 0 saturated carbocycles. The second-order valence-corrected chi connectivity index (χ2v) is 7.93. The van der Waals surface area contributed by atoms with Crippen LogP contribution in [0.1, 0.15) is 24.6 Å². The van der Waals surface area contributed by atoms with Crippen LogP contribution in [0.2, 0.25) is 5.02 Å². The number of ether oxygens (including phenoxy) is 1. The molecule has 1 saturated heterocycles. The van der Waals surface area contributed by atoms with Crippen LogP contribution >= 0.6 is 11.6 Å². The molecule has 2 aromatic carbocycles. The van der Waals surface area contributed by atoms with E-state index in [1.807, 2.05) is 30.3 Å². The Kier molecular flexibility index (Phi) is 5.99. The van der Waals surface area contributed by atoms with Crippen molar-refractivity contribution in [3.63, 3.8) is 0 Å². The molecule has 0 spiro atoms. The first-order valence-corrected chi connectivity index (χ1v) is 10.5. The Morgan fingerprint density at radius 2 is 2.00 bits per heavy atom. The van der Waals surface area contributed by atoms with Gasteiger partial charge in [0.05, 0.1) is 18.5 Å². The standard InChI is InChI=1S/C22H24ClN5O3/c1-26-22(30)28(17-8-4-3-5-9-17)20(25-26)15-7-6-12-27(14-15)21(29)24-18-13-16(23)10-11-19(18)31-2/h3-5,8-11,13,15H,6-7,12,14H2,1-2H3,(H,24,29). The highest BCUT2D eigenvalue weighted by atomic mass is 35.5. The summed E-state index contributed by atoms with van der Waals surface area (Å²) >= 11 is 6.08. The quantitative estimate of drug-likeness (QED) is 0.670. The average molecular weight is 442 g/mol. The number of likely N-dealkylation sites (tertiary alicyclic amines) is 1. The van der Waals surface area contributed by atoms with E-state index in [1.54, 1.807) is 41.8 Å². The highest BCUT2D eigenvalue weighted by molar-refractivity contribution is 6.31. The van der Waals surface area contributed by atoms with Crippen LogP contribution in [0.3, 0.4) is 0 Å². The van der Waals surface area contributed by atoms with Crippen LogP contribution < -0.4 is 15.7 Å². The van der Waals surface area contributed by atoms with Crippen LogP contribution in [0.25, 0.3) is 5.69 Å². The summed E-state index contributed by atoms with van der Waals surface area (Å²) in [5.41, 5.74) is 1.08. The Morgan fingerprint density at radius 1 is 1.23 bits per heavy atom. The van der Waals surface area contributed by atoms with Gasteiger partial charge in [-0.1, -0.05) is 29.8 Å². The second kappa shape index (κ2) is 8.85. The second-order valence-electron chi connectivity index (χ2n) is 7.50. The van der Waals surface area contributed by atoms with Crippen molar-refractivity contribution in [3.05, 3.63) is 69.9 Å². The van der Waals surface area contributed by atoms with Crippen LogP contribution in [-0.2, 0) is 7.05 Å². The van der Waals surface area contributed by atoms with E-state index in [0.29, 0.717) is 35.4 Å². The highest BCUT2D eigenvalue weighted by Crippen LogP contribution is 2.30. The fourth-order valence-corrected chi connectivity index (χ4v) is 4.08. The van der Waals surface area contributed by atoms with E-state index < -0.39 is 0 Å². The van der Waals surface area contributed by atoms with E-state index in [0.717, 1.165) is 18.5 Å². The van der Waals surface area contributed by atoms with Gasteiger partial charge in [0.1, 0.15) is 11.6 Å². The lowest BCUT2D eigenvalue weighted by Crippen LogP contribution is -2.42. The minimum atomic E-state index is -0.241. The molecule has 9 heteroatoms. The highest BCUT2D eigenvalue weighted by Gasteiger charge is 2.30. The van der Waals surface area contributed by atoms with Crippen molar-refractivity contribution in [1.29, 1.82) is 0 Å². The molecule has 162 valence electrons. The predicted molar refractivity (Wildman–Crippen MR) is 119 cm³/mol. The van der Waals surface area contributed by atoms with E-state index >= 15 is 0 Å². The maximum atomic E-state index is 13.0. The van der Waals surface area contributed by atoms with Gasteiger partial charge >= 0.3 is 11.7 Å². The van der Waals surface area contributed by atoms with E-state index in [1.165, 1.54) is 4.68 Å². The van der Waals surface area contributed by atoms with Crippen molar-refractivity contribution in [2.45, 2.75) is 18.8 Å². The normalized spacial score (nSPS) is 16.2. The van der Waals surface area contributed by atoms with Crippen molar-refractivity contribution in [2.75, 3.05) is 25.5 Å². The number of nitrogens with one attached hydrogen (secondary N) is 1. The Balaban J connectivity index is 1.58. The number of hydrogen-bond donors (Lipinski definition) is 1. The van der Waals surface area contributed by atoms with Gasteiger partial charge < -0.3 is 15.0 Å². The molecule has 0 aliphatic carbocycles. The van der Waals surface area contributed by atoms with Crippen LogP contribution in [0.15, 0.2) is 53.3 Å². The number of nitrogens with zero attached hydrogens (tertiary/aromatic N) is 4. The molecule has 2 amide bonds. The van der Waals surface area contributed by atoms with Gasteiger partial charge in [-0.25, -0.2) is 18.8 Å². The van der Waals surface area contributed by atoms with Crippen molar-refractivity contribution in [3.8, 4) is 11.4 Å². The van der Waals surface area contributed by atoms with Gasteiger partial charge in [0.15, 0.2) is 0 Å². The molecule has 1 aliphatic rings. The van der Waals surface area contributed by atoms with E-state index in [2.05, 4.69) is 10.4 Å². The van der Waals surface area contributed by atoms with Gasteiger partial charge in [-0.05, 0) is 43.2 Å². The van der Waals surface area contributed by atoms with Crippen LogP contribution in [0.5, 0.6) is 5.75 Å². The molecule has 4 rings (SSSR count). The number of anilines is 1. The van der Waals surface area contributed by atoms with Gasteiger partial charge in [-0.15, -0.1) is 0 Å². The fourth-order valence-electron chi connectivity index (χ4n) is 3.91. The van der Waals surface area contributed by atoms with Gasteiger partial charge in [0, 0.05) is 31.1 Å². The number of rotatable bonds is 4. The summed E-state index contributed by atoms with van der Waals surface area (Å²) in [6.45, 7) is 1.08. The Morgan fingerprint density at radius 3 is 2.74 bits per heavy atom. The monoisotopic (exact) mass is 441 g/mol. The average Bonchev–Trinajstić information content (AvgIpc) is 3.09. The minimum absolute atomic E-state index is 0.0603. The zero-order valence-corrected chi connectivity index (χ0v) is 18.2. The lowest BCUT2D eigenvalue weighted by atomic mass is 9.97. The zero-order valence-electron chi connectivity index (χ0n) is 17.4. The smallest absolute Gasteiger partial charge is 0.350 e. The molecular formula is C22H24ClN5O3.